The summed E-state index contributed by atoms with van der Waals surface area (Å²) >= 11 is 3.22. The van der Waals surface area contributed by atoms with E-state index in [1.807, 2.05) is 0 Å². The van der Waals surface area contributed by atoms with Crippen molar-refractivity contribution in [1.82, 2.24) is 0 Å². The second-order valence-corrected chi connectivity index (χ2v) is 4.82. The maximum absolute atomic E-state index is 13.4. The molecule has 1 amide bonds. The maximum atomic E-state index is 13.4. The molecule has 1 aliphatic heterocycles. The predicted octanol–water partition coefficient (Wildman–Crippen LogP) is 2.60. The van der Waals surface area contributed by atoms with Crippen LogP contribution < -0.4 is 4.90 Å². The summed E-state index contributed by atoms with van der Waals surface area (Å²) in [7, 11) is 0. The normalized spacial score (nSPS) is 20.6. The van der Waals surface area contributed by atoms with Gasteiger partial charge in [-0.3, -0.25) is 4.79 Å². The van der Waals surface area contributed by atoms with Crippen LogP contribution in [0.25, 0.3) is 0 Å². The van der Waals surface area contributed by atoms with E-state index in [1.54, 1.807) is 0 Å². The molecule has 2 rings (SSSR count). The SMILES string of the molecule is O=C1CC(Br)CN1c1cc(F)c(F)cc1F. The number of hydrogen-bond acceptors (Lipinski definition) is 1. The van der Waals surface area contributed by atoms with Crippen molar-refractivity contribution < 1.29 is 18.0 Å². The number of anilines is 1. The highest BCUT2D eigenvalue weighted by Gasteiger charge is 2.31. The van der Waals surface area contributed by atoms with Crippen LogP contribution in [-0.2, 0) is 4.79 Å². The molecule has 1 aromatic carbocycles. The van der Waals surface area contributed by atoms with E-state index in [9.17, 15) is 18.0 Å². The van der Waals surface area contributed by atoms with Crippen LogP contribution in [0.2, 0.25) is 0 Å². The number of alkyl halides is 1. The average Bonchev–Trinajstić information content (AvgIpc) is 2.51. The Bertz CT molecular complexity index is 452. The molecule has 1 aliphatic rings. The number of halogens is 4. The van der Waals surface area contributed by atoms with Crippen molar-refractivity contribution in [2.45, 2.75) is 11.2 Å². The molecule has 1 saturated heterocycles. The second-order valence-electron chi connectivity index (χ2n) is 3.52. The third-order valence-electron chi connectivity index (χ3n) is 2.36. The van der Waals surface area contributed by atoms with Crippen molar-refractivity contribution in [2.24, 2.45) is 0 Å². The van der Waals surface area contributed by atoms with Crippen LogP contribution in [-0.4, -0.2) is 17.3 Å². The van der Waals surface area contributed by atoms with Crippen molar-refractivity contribution >= 4 is 27.5 Å². The Morgan fingerprint density at radius 3 is 2.38 bits per heavy atom. The molecule has 0 spiro atoms. The summed E-state index contributed by atoms with van der Waals surface area (Å²) in [5, 5.41) is 0. The van der Waals surface area contributed by atoms with Gasteiger partial charge in [-0.05, 0) is 0 Å². The Hall–Kier alpha value is -1.04. The zero-order chi connectivity index (χ0) is 11.9. The Kier molecular flexibility index (Phi) is 2.92. The fourth-order valence-corrected chi connectivity index (χ4v) is 2.18. The van der Waals surface area contributed by atoms with Crippen LogP contribution in [0.4, 0.5) is 18.9 Å². The van der Waals surface area contributed by atoms with Crippen molar-refractivity contribution in [3.63, 3.8) is 0 Å². The van der Waals surface area contributed by atoms with Crippen LogP contribution in [0, 0.1) is 17.5 Å². The summed E-state index contributed by atoms with van der Waals surface area (Å²) in [6, 6.07) is 1.15. The number of benzene rings is 1. The Morgan fingerprint density at radius 1 is 1.19 bits per heavy atom. The van der Waals surface area contributed by atoms with E-state index < -0.39 is 17.5 Å². The molecule has 1 heterocycles. The third-order valence-corrected chi connectivity index (χ3v) is 2.97. The maximum Gasteiger partial charge on any atom is 0.228 e. The highest BCUT2D eigenvalue weighted by atomic mass is 79.9. The van der Waals surface area contributed by atoms with Gasteiger partial charge in [0, 0.05) is 29.9 Å². The minimum atomic E-state index is -1.26. The van der Waals surface area contributed by atoms with E-state index in [2.05, 4.69) is 15.9 Å². The molecular weight excluding hydrogens is 287 g/mol. The Labute approximate surface area is 98.2 Å². The quantitative estimate of drug-likeness (QED) is 0.576. The lowest BCUT2D eigenvalue weighted by Gasteiger charge is -2.16. The summed E-state index contributed by atoms with van der Waals surface area (Å²) < 4.78 is 39.0. The lowest BCUT2D eigenvalue weighted by molar-refractivity contribution is -0.117. The van der Waals surface area contributed by atoms with E-state index in [1.165, 1.54) is 0 Å². The molecule has 0 saturated carbocycles. The molecule has 0 aliphatic carbocycles. The molecule has 0 radical (unpaired) electrons. The van der Waals surface area contributed by atoms with Gasteiger partial charge in [-0.15, -0.1) is 0 Å². The van der Waals surface area contributed by atoms with Crippen molar-refractivity contribution in [1.29, 1.82) is 0 Å². The van der Waals surface area contributed by atoms with E-state index in [0.717, 1.165) is 4.90 Å². The van der Waals surface area contributed by atoms with E-state index in [0.29, 0.717) is 12.1 Å². The first-order valence-corrected chi connectivity index (χ1v) is 5.49. The monoisotopic (exact) mass is 293 g/mol. The van der Waals surface area contributed by atoms with E-state index >= 15 is 0 Å². The van der Waals surface area contributed by atoms with Gasteiger partial charge in [0.25, 0.3) is 0 Å². The zero-order valence-electron chi connectivity index (χ0n) is 8.01. The molecule has 16 heavy (non-hydrogen) atoms. The summed E-state index contributed by atoms with van der Waals surface area (Å²) in [6.45, 7) is 0.251. The molecule has 1 fully saturated rings. The molecule has 1 unspecified atom stereocenters. The highest BCUT2D eigenvalue weighted by Crippen LogP contribution is 2.28. The number of carbonyl (C=O) groups is 1. The van der Waals surface area contributed by atoms with Gasteiger partial charge in [0.2, 0.25) is 5.91 Å². The second kappa shape index (κ2) is 4.08. The number of hydrogen-bond donors (Lipinski definition) is 0. The minimum absolute atomic E-state index is 0.0903. The van der Waals surface area contributed by atoms with Crippen LogP contribution in [0.5, 0.6) is 0 Å². The average molecular weight is 294 g/mol. The molecule has 1 atom stereocenters. The van der Waals surface area contributed by atoms with Crippen molar-refractivity contribution in [3.05, 3.63) is 29.6 Å². The first kappa shape index (κ1) is 11.4. The van der Waals surface area contributed by atoms with Crippen LogP contribution in [0.3, 0.4) is 0 Å². The summed E-state index contributed by atoms with van der Waals surface area (Å²) in [6.07, 6.45) is 0.221. The number of rotatable bonds is 1. The summed E-state index contributed by atoms with van der Waals surface area (Å²) in [5.41, 5.74) is -0.217. The largest absolute Gasteiger partial charge is 0.308 e. The highest BCUT2D eigenvalue weighted by molar-refractivity contribution is 9.09. The molecule has 0 bridgehead atoms. The summed E-state index contributed by atoms with van der Waals surface area (Å²) in [5.74, 6) is -3.67. The van der Waals surface area contributed by atoms with Gasteiger partial charge in [0.1, 0.15) is 5.82 Å². The van der Waals surface area contributed by atoms with Crippen molar-refractivity contribution in [2.75, 3.05) is 11.4 Å². The molecule has 2 nitrogen and oxygen atoms in total. The molecule has 1 aromatic rings. The van der Waals surface area contributed by atoms with Gasteiger partial charge in [-0.1, -0.05) is 15.9 Å². The smallest absolute Gasteiger partial charge is 0.228 e. The molecule has 0 N–H and O–H groups in total. The topological polar surface area (TPSA) is 20.3 Å². The van der Waals surface area contributed by atoms with Crippen LogP contribution in [0.15, 0.2) is 12.1 Å². The van der Waals surface area contributed by atoms with Crippen molar-refractivity contribution in [3.8, 4) is 0 Å². The van der Waals surface area contributed by atoms with Crippen LogP contribution >= 0.6 is 15.9 Å². The molecule has 86 valence electrons. The molecule has 6 heteroatoms. The first-order chi connectivity index (χ1) is 7.49. The van der Waals surface area contributed by atoms with Gasteiger partial charge in [0.05, 0.1) is 5.69 Å². The molecule has 0 aromatic heterocycles. The minimum Gasteiger partial charge on any atom is -0.308 e. The van der Waals surface area contributed by atoms with Gasteiger partial charge in [-0.25, -0.2) is 13.2 Å². The number of nitrogens with zero attached hydrogens (tertiary/aromatic N) is 1. The van der Waals surface area contributed by atoms with Gasteiger partial charge in [-0.2, -0.15) is 0 Å². The van der Waals surface area contributed by atoms with Gasteiger partial charge in [0.15, 0.2) is 11.6 Å². The first-order valence-electron chi connectivity index (χ1n) is 4.58. The number of carbonyl (C=O) groups excluding carboxylic acids is 1. The van der Waals surface area contributed by atoms with Crippen LogP contribution in [0.1, 0.15) is 6.42 Å². The van der Waals surface area contributed by atoms with Gasteiger partial charge < -0.3 is 4.90 Å². The molecular formula is C10H7BrF3NO. The summed E-state index contributed by atoms with van der Waals surface area (Å²) in [4.78, 5) is 12.5. The fourth-order valence-electron chi connectivity index (χ4n) is 1.62. The third kappa shape index (κ3) is 1.93. The fraction of sp³-hybridized carbons (Fsp3) is 0.300. The predicted molar refractivity (Wildman–Crippen MR) is 56.0 cm³/mol. The number of amides is 1. The van der Waals surface area contributed by atoms with E-state index in [4.69, 9.17) is 0 Å². The Balaban J connectivity index is 2.41. The zero-order valence-corrected chi connectivity index (χ0v) is 9.60. The Morgan fingerprint density at radius 2 is 1.81 bits per heavy atom. The lowest BCUT2D eigenvalue weighted by atomic mass is 10.2. The van der Waals surface area contributed by atoms with E-state index in [-0.39, 0.29) is 29.4 Å². The lowest BCUT2D eigenvalue weighted by Crippen LogP contribution is -2.25. The standard InChI is InChI=1S/C10H7BrF3NO/c11-5-1-10(16)15(4-5)9-3-7(13)6(12)2-8(9)14/h2-3,5H,1,4H2. The van der Waals surface area contributed by atoms with Gasteiger partial charge >= 0.3 is 0 Å².